The number of morpholine rings is 1. The van der Waals surface area contributed by atoms with Gasteiger partial charge in [0.25, 0.3) is 5.91 Å². The van der Waals surface area contributed by atoms with Crippen LogP contribution in [0, 0.1) is 0 Å². The van der Waals surface area contributed by atoms with Crippen molar-refractivity contribution in [2.45, 2.75) is 6.54 Å². The van der Waals surface area contributed by atoms with E-state index in [0.29, 0.717) is 5.56 Å². The van der Waals surface area contributed by atoms with Gasteiger partial charge < -0.3 is 19.7 Å². The lowest BCUT2D eigenvalue weighted by Crippen LogP contribution is -3.12. The van der Waals surface area contributed by atoms with Gasteiger partial charge in [0, 0.05) is 12.6 Å². The summed E-state index contributed by atoms with van der Waals surface area (Å²) in [6, 6.07) is 7.33. The van der Waals surface area contributed by atoms with Crippen molar-refractivity contribution < 1.29 is 24.0 Å². The van der Waals surface area contributed by atoms with E-state index in [1.54, 1.807) is 12.1 Å². The summed E-state index contributed by atoms with van der Waals surface area (Å²) in [5.74, 6) is -0.806. The summed E-state index contributed by atoms with van der Waals surface area (Å²) < 4.78 is 10.2. The van der Waals surface area contributed by atoms with Crippen molar-refractivity contribution in [2.24, 2.45) is 0 Å². The van der Waals surface area contributed by atoms with Gasteiger partial charge in [-0.1, -0.05) is 12.1 Å². The van der Waals surface area contributed by atoms with Gasteiger partial charge in [-0.25, -0.2) is 4.79 Å². The van der Waals surface area contributed by atoms with Crippen LogP contribution in [-0.4, -0.2) is 51.8 Å². The predicted molar refractivity (Wildman–Crippen MR) is 76.0 cm³/mol. The molecule has 1 aliphatic heterocycles. The van der Waals surface area contributed by atoms with Gasteiger partial charge in [0.1, 0.15) is 19.6 Å². The lowest BCUT2D eigenvalue weighted by Gasteiger charge is -2.23. The molecule has 21 heavy (non-hydrogen) atoms. The highest BCUT2D eigenvalue weighted by atomic mass is 16.5. The first kappa shape index (κ1) is 15.5. The molecule has 0 bridgehead atoms. The normalized spacial score (nSPS) is 15.5. The maximum Gasteiger partial charge on any atom is 0.338 e. The zero-order valence-corrected chi connectivity index (χ0v) is 12.2. The molecule has 2 N–H and O–H groups in total. The van der Waals surface area contributed by atoms with Crippen molar-refractivity contribution in [3.8, 4) is 0 Å². The quantitative estimate of drug-likeness (QED) is 0.684. The first-order valence-corrected chi connectivity index (χ1v) is 7.07. The molecule has 0 atom stereocenters. The molecule has 0 aliphatic carbocycles. The second-order valence-electron chi connectivity index (χ2n) is 4.99. The van der Waals surface area contributed by atoms with Gasteiger partial charge >= 0.3 is 5.97 Å². The van der Waals surface area contributed by atoms with Crippen molar-refractivity contribution >= 4 is 11.9 Å². The smallest absolute Gasteiger partial charge is 0.338 e. The molecule has 1 saturated heterocycles. The molecule has 1 aliphatic rings. The van der Waals surface area contributed by atoms with E-state index in [1.165, 1.54) is 17.5 Å². The van der Waals surface area contributed by atoms with E-state index in [2.05, 4.69) is 5.32 Å². The minimum atomic E-state index is -0.483. The Labute approximate surface area is 124 Å². The van der Waals surface area contributed by atoms with Crippen LogP contribution in [0.25, 0.3) is 0 Å². The summed E-state index contributed by atoms with van der Waals surface area (Å²) in [6.07, 6.45) is 0. The molecule has 6 nitrogen and oxygen atoms in total. The average Bonchev–Trinajstić information content (AvgIpc) is 2.54. The zero-order chi connectivity index (χ0) is 15.1. The van der Waals surface area contributed by atoms with Gasteiger partial charge in [-0.2, -0.15) is 0 Å². The molecule has 1 aromatic carbocycles. The van der Waals surface area contributed by atoms with Crippen molar-refractivity contribution in [3.05, 3.63) is 35.4 Å². The van der Waals surface area contributed by atoms with Crippen LogP contribution in [0.2, 0.25) is 0 Å². The fourth-order valence-electron chi connectivity index (χ4n) is 2.17. The minimum Gasteiger partial charge on any atom is -0.452 e. The van der Waals surface area contributed by atoms with Gasteiger partial charge in [-0.15, -0.1) is 0 Å². The number of rotatable bonds is 5. The van der Waals surface area contributed by atoms with E-state index in [4.69, 9.17) is 9.47 Å². The first-order chi connectivity index (χ1) is 10.2. The average molecular weight is 293 g/mol. The summed E-state index contributed by atoms with van der Waals surface area (Å²) in [7, 11) is 1.50. The molecule has 1 aromatic rings. The van der Waals surface area contributed by atoms with Crippen LogP contribution < -0.4 is 10.2 Å². The van der Waals surface area contributed by atoms with Crippen molar-refractivity contribution in [1.82, 2.24) is 5.32 Å². The number of nitrogens with one attached hydrogen (secondary N) is 2. The minimum absolute atomic E-state index is 0.255. The molecule has 0 unspecified atom stereocenters. The monoisotopic (exact) mass is 293 g/mol. The molecular formula is C15H21N2O4+. The number of esters is 1. The SMILES string of the molecule is CNC(=O)COC(=O)c1ccc(C[NH+]2CCOCC2)cc1. The Morgan fingerprint density at radius 2 is 1.90 bits per heavy atom. The van der Waals surface area contributed by atoms with Crippen LogP contribution in [0.5, 0.6) is 0 Å². The van der Waals surface area contributed by atoms with Crippen LogP contribution in [-0.2, 0) is 20.8 Å². The highest BCUT2D eigenvalue weighted by Gasteiger charge is 2.15. The van der Waals surface area contributed by atoms with Crippen molar-refractivity contribution in [2.75, 3.05) is 40.0 Å². The molecule has 1 heterocycles. The highest BCUT2D eigenvalue weighted by molar-refractivity contribution is 5.91. The number of hydrogen-bond acceptors (Lipinski definition) is 4. The summed E-state index contributed by atoms with van der Waals surface area (Å²) in [5.41, 5.74) is 1.63. The Kier molecular flexibility index (Phi) is 5.71. The number of benzene rings is 1. The number of likely N-dealkylation sites (N-methyl/N-ethyl adjacent to an activating group) is 1. The number of ether oxygens (including phenoxy) is 2. The van der Waals surface area contributed by atoms with Crippen LogP contribution in [0.15, 0.2) is 24.3 Å². The van der Waals surface area contributed by atoms with Crippen LogP contribution in [0.1, 0.15) is 15.9 Å². The maximum absolute atomic E-state index is 11.7. The highest BCUT2D eigenvalue weighted by Crippen LogP contribution is 2.05. The fraction of sp³-hybridized carbons (Fsp3) is 0.467. The van der Waals surface area contributed by atoms with Crippen LogP contribution in [0.3, 0.4) is 0 Å². The largest absolute Gasteiger partial charge is 0.452 e. The van der Waals surface area contributed by atoms with E-state index in [0.717, 1.165) is 32.8 Å². The topological polar surface area (TPSA) is 69.1 Å². The van der Waals surface area contributed by atoms with E-state index < -0.39 is 5.97 Å². The predicted octanol–water partition coefficient (Wildman–Crippen LogP) is -0.995. The van der Waals surface area contributed by atoms with Gasteiger partial charge in [0.2, 0.25) is 0 Å². The summed E-state index contributed by atoms with van der Waals surface area (Å²) in [5, 5.41) is 2.40. The molecule has 0 spiro atoms. The van der Waals surface area contributed by atoms with Crippen LogP contribution >= 0.6 is 0 Å². The van der Waals surface area contributed by atoms with E-state index in [1.807, 2.05) is 12.1 Å². The second-order valence-corrected chi connectivity index (χ2v) is 4.99. The number of quaternary nitrogens is 1. The Morgan fingerprint density at radius 3 is 2.52 bits per heavy atom. The van der Waals surface area contributed by atoms with E-state index in [-0.39, 0.29) is 12.5 Å². The summed E-state index contributed by atoms with van der Waals surface area (Å²) in [4.78, 5) is 24.2. The van der Waals surface area contributed by atoms with Gasteiger partial charge in [0.05, 0.1) is 18.8 Å². The summed E-state index contributed by atoms with van der Waals surface area (Å²) in [6.45, 7) is 4.30. The van der Waals surface area contributed by atoms with E-state index in [9.17, 15) is 9.59 Å². The zero-order valence-electron chi connectivity index (χ0n) is 12.2. The third-order valence-electron chi connectivity index (χ3n) is 3.46. The molecule has 0 saturated carbocycles. The number of amides is 1. The van der Waals surface area contributed by atoms with Gasteiger partial charge in [-0.3, -0.25) is 4.79 Å². The second kappa shape index (κ2) is 7.75. The van der Waals surface area contributed by atoms with Crippen molar-refractivity contribution in [1.29, 1.82) is 0 Å². The molecule has 114 valence electrons. The van der Waals surface area contributed by atoms with Gasteiger partial charge in [-0.05, 0) is 12.1 Å². The molecule has 6 heteroatoms. The van der Waals surface area contributed by atoms with Crippen LogP contribution in [0.4, 0.5) is 0 Å². The number of hydrogen-bond donors (Lipinski definition) is 2. The summed E-state index contributed by atoms with van der Waals surface area (Å²) >= 11 is 0. The lowest BCUT2D eigenvalue weighted by atomic mass is 10.1. The third-order valence-corrected chi connectivity index (χ3v) is 3.46. The Morgan fingerprint density at radius 1 is 1.24 bits per heavy atom. The molecule has 0 radical (unpaired) electrons. The van der Waals surface area contributed by atoms with Gasteiger partial charge in [0.15, 0.2) is 6.61 Å². The molecule has 1 fully saturated rings. The maximum atomic E-state index is 11.7. The lowest BCUT2D eigenvalue weighted by molar-refractivity contribution is -0.921. The molecule has 2 rings (SSSR count). The Balaban J connectivity index is 1.85. The third kappa shape index (κ3) is 4.84. The Bertz CT molecular complexity index is 481. The molecular weight excluding hydrogens is 272 g/mol. The fourth-order valence-corrected chi connectivity index (χ4v) is 2.17. The van der Waals surface area contributed by atoms with E-state index >= 15 is 0 Å². The Hall–Kier alpha value is -1.92. The number of carbonyl (C=O) groups excluding carboxylic acids is 2. The molecule has 0 aromatic heterocycles. The molecule has 1 amide bonds. The number of carbonyl (C=O) groups is 2. The first-order valence-electron chi connectivity index (χ1n) is 7.07. The van der Waals surface area contributed by atoms with Crippen molar-refractivity contribution in [3.63, 3.8) is 0 Å². The standard InChI is InChI=1S/C15H20N2O4/c1-16-14(18)11-21-15(19)13-4-2-12(3-5-13)10-17-6-8-20-9-7-17/h2-5H,6-11H2,1H3,(H,16,18)/p+1.